The molecule has 1 aromatic carbocycles. The second-order valence-corrected chi connectivity index (χ2v) is 10.4. The second kappa shape index (κ2) is 8.63. The van der Waals surface area contributed by atoms with Crippen molar-refractivity contribution in [2.75, 3.05) is 18.4 Å². The molecule has 2 heterocycles. The fourth-order valence-corrected chi connectivity index (χ4v) is 6.28. The first-order valence-electron chi connectivity index (χ1n) is 10.8. The Labute approximate surface area is 176 Å². The SMILES string of the molecule is O=C1CCc2cc(S(=O)(=O)N3CCCC(C(=O)NC4CCCCC4)C3)c(F)cc2N1. The maximum Gasteiger partial charge on any atom is 0.246 e. The molecule has 2 fully saturated rings. The lowest BCUT2D eigenvalue weighted by Gasteiger charge is -2.33. The van der Waals surface area contributed by atoms with Gasteiger partial charge in [0.25, 0.3) is 0 Å². The molecule has 4 rings (SSSR count). The summed E-state index contributed by atoms with van der Waals surface area (Å²) in [6.07, 6.45) is 7.14. The maximum absolute atomic E-state index is 14.7. The van der Waals surface area contributed by atoms with Crippen molar-refractivity contribution in [2.24, 2.45) is 5.92 Å². The molecule has 0 spiro atoms. The highest BCUT2D eigenvalue weighted by molar-refractivity contribution is 7.89. The number of hydrogen-bond donors (Lipinski definition) is 2. The molecule has 2 aliphatic heterocycles. The summed E-state index contributed by atoms with van der Waals surface area (Å²) in [6, 6.07) is 2.58. The van der Waals surface area contributed by atoms with Crippen LogP contribution in [0.25, 0.3) is 0 Å². The van der Waals surface area contributed by atoms with Crippen molar-refractivity contribution in [3.05, 3.63) is 23.5 Å². The minimum atomic E-state index is -4.07. The number of benzene rings is 1. The van der Waals surface area contributed by atoms with Gasteiger partial charge in [-0.1, -0.05) is 19.3 Å². The van der Waals surface area contributed by atoms with Crippen LogP contribution in [0, 0.1) is 11.7 Å². The van der Waals surface area contributed by atoms with Gasteiger partial charge in [0.2, 0.25) is 21.8 Å². The molecule has 1 aromatic rings. The third-order valence-electron chi connectivity index (χ3n) is 6.38. The average molecular weight is 438 g/mol. The topological polar surface area (TPSA) is 95.6 Å². The number of piperidine rings is 1. The van der Waals surface area contributed by atoms with Gasteiger partial charge in [-0.25, -0.2) is 12.8 Å². The predicted octanol–water partition coefficient (Wildman–Crippen LogP) is 2.56. The first-order valence-corrected chi connectivity index (χ1v) is 12.2. The molecule has 9 heteroatoms. The summed E-state index contributed by atoms with van der Waals surface area (Å²) in [5, 5.41) is 5.66. The number of carbonyl (C=O) groups excluding carboxylic acids is 2. The zero-order valence-electron chi connectivity index (χ0n) is 17.0. The lowest BCUT2D eigenvalue weighted by atomic mass is 9.93. The van der Waals surface area contributed by atoms with Gasteiger partial charge in [0.05, 0.1) is 5.92 Å². The number of rotatable bonds is 4. The minimum absolute atomic E-state index is 0.0636. The van der Waals surface area contributed by atoms with Crippen LogP contribution in [0.4, 0.5) is 10.1 Å². The Hall–Kier alpha value is -2.00. The summed E-state index contributed by atoms with van der Waals surface area (Å²) in [7, 11) is -4.07. The summed E-state index contributed by atoms with van der Waals surface area (Å²) < 4.78 is 42.3. The Morgan fingerprint density at radius 1 is 1.10 bits per heavy atom. The Balaban J connectivity index is 1.50. The molecule has 30 heavy (non-hydrogen) atoms. The number of aryl methyl sites for hydroxylation is 1. The van der Waals surface area contributed by atoms with Gasteiger partial charge in [-0.2, -0.15) is 4.31 Å². The van der Waals surface area contributed by atoms with E-state index in [-0.39, 0.29) is 42.3 Å². The van der Waals surface area contributed by atoms with Crippen LogP contribution < -0.4 is 10.6 Å². The number of fused-ring (bicyclic) bond motifs is 1. The normalized spacial score (nSPS) is 23.5. The van der Waals surface area contributed by atoms with E-state index in [9.17, 15) is 22.4 Å². The van der Waals surface area contributed by atoms with E-state index in [2.05, 4.69) is 10.6 Å². The van der Waals surface area contributed by atoms with Gasteiger partial charge in [-0.3, -0.25) is 9.59 Å². The molecule has 7 nitrogen and oxygen atoms in total. The summed E-state index contributed by atoms with van der Waals surface area (Å²) >= 11 is 0. The highest BCUT2D eigenvalue weighted by Crippen LogP contribution is 2.31. The second-order valence-electron chi connectivity index (χ2n) is 8.53. The summed E-state index contributed by atoms with van der Waals surface area (Å²) in [5.74, 6) is -1.61. The third-order valence-corrected chi connectivity index (χ3v) is 8.26. The van der Waals surface area contributed by atoms with Crippen LogP contribution in [0.2, 0.25) is 0 Å². The van der Waals surface area contributed by atoms with Crippen LogP contribution >= 0.6 is 0 Å². The summed E-state index contributed by atoms with van der Waals surface area (Å²) in [5.41, 5.74) is 0.934. The van der Waals surface area contributed by atoms with Gasteiger partial charge >= 0.3 is 0 Å². The average Bonchev–Trinajstić information content (AvgIpc) is 2.74. The molecule has 1 aliphatic carbocycles. The molecule has 1 saturated carbocycles. The zero-order valence-corrected chi connectivity index (χ0v) is 17.8. The zero-order chi connectivity index (χ0) is 21.3. The van der Waals surface area contributed by atoms with E-state index in [0.29, 0.717) is 30.5 Å². The molecule has 2 N–H and O–H groups in total. The van der Waals surface area contributed by atoms with Crippen LogP contribution in [0.3, 0.4) is 0 Å². The van der Waals surface area contributed by atoms with Gasteiger partial charge in [0.1, 0.15) is 10.7 Å². The van der Waals surface area contributed by atoms with E-state index < -0.39 is 21.8 Å². The number of nitrogens with zero attached hydrogens (tertiary/aromatic N) is 1. The highest BCUT2D eigenvalue weighted by Gasteiger charge is 2.36. The van der Waals surface area contributed by atoms with E-state index in [0.717, 1.165) is 31.7 Å². The van der Waals surface area contributed by atoms with Crippen molar-refractivity contribution in [1.29, 1.82) is 0 Å². The van der Waals surface area contributed by atoms with Crippen molar-refractivity contribution >= 4 is 27.5 Å². The van der Waals surface area contributed by atoms with Gasteiger partial charge < -0.3 is 10.6 Å². The Bertz CT molecular complexity index is 944. The van der Waals surface area contributed by atoms with Crippen LogP contribution in [0.15, 0.2) is 17.0 Å². The molecule has 164 valence electrons. The molecule has 1 atom stereocenters. The predicted molar refractivity (Wildman–Crippen MR) is 110 cm³/mol. The van der Waals surface area contributed by atoms with Crippen molar-refractivity contribution < 1.29 is 22.4 Å². The minimum Gasteiger partial charge on any atom is -0.353 e. The van der Waals surface area contributed by atoms with Crippen molar-refractivity contribution in [1.82, 2.24) is 9.62 Å². The van der Waals surface area contributed by atoms with E-state index in [4.69, 9.17) is 0 Å². The molecular formula is C21H28FN3O4S. The molecule has 1 unspecified atom stereocenters. The van der Waals surface area contributed by atoms with Gasteiger partial charge in [-0.05, 0) is 49.8 Å². The van der Waals surface area contributed by atoms with Crippen LogP contribution in [0.1, 0.15) is 56.9 Å². The number of hydrogen-bond acceptors (Lipinski definition) is 4. The van der Waals surface area contributed by atoms with Gasteiger partial charge in [-0.15, -0.1) is 0 Å². The number of anilines is 1. The molecule has 0 radical (unpaired) electrons. The molecular weight excluding hydrogens is 409 g/mol. The highest BCUT2D eigenvalue weighted by atomic mass is 32.2. The quantitative estimate of drug-likeness (QED) is 0.757. The first kappa shape index (κ1) is 21.2. The molecule has 3 aliphatic rings. The Kier molecular flexibility index (Phi) is 6.11. The number of nitrogens with one attached hydrogen (secondary N) is 2. The number of sulfonamides is 1. The van der Waals surface area contributed by atoms with Crippen molar-refractivity contribution in [3.8, 4) is 0 Å². The molecule has 0 bridgehead atoms. The number of carbonyl (C=O) groups is 2. The van der Waals surface area contributed by atoms with Crippen LogP contribution in [-0.4, -0.2) is 43.7 Å². The number of amides is 2. The lowest BCUT2D eigenvalue weighted by molar-refractivity contribution is -0.127. The van der Waals surface area contributed by atoms with E-state index in [1.165, 1.54) is 16.8 Å². The summed E-state index contributed by atoms with van der Waals surface area (Å²) in [6.45, 7) is 0.330. The first-order chi connectivity index (χ1) is 14.3. The molecule has 2 amide bonds. The summed E-state index contributed by atoms with van der Waals surface area (Å²) in [4.78, 5) is 23.8. The lowest BCUT2D eigenvalue weighted by Crippen LogP contribution is -2.48. The van der Waals surface area contributed by atoms with E-state index in [1.807, 2.05) is 0 Å². The van der Waals surface area contributed by atoms with Gasteiger partial charge in [0, 0.05) is 31.2 Å². The monoisotopic (exact) mass is 437 g/mol. The largest absolute Gasteiger partial charge is 0.353 e. The third kappa shape index (κ3) is 4.37. The standard InChI is InChI=1S/C21H28FN3O4S/c22-17-12-18-14(8-9-20(26)24-18)11-19(17)30(28,29)25-10-4-5-15(13-25)21(27)23-16-6-2-1-3-7-16/h11-12,15-16H,1-10,13H2,(H,23,27)(H,24,26). The fourth-order valence-electron chi connectivity index (χ4n) is 4.66. The van der Waals surface area contributed by atoms with Gasteiger partial charge in [0.15, 0.2) is 0 Å². The fraction of sp³-hybridized carbons (Fsp3) is 0.619. The molecule has 1 saturated heterocycles. The van der Waals surface area contributed by atoms with Crippen molar-refractivity contribution in [2.45, 2.75) is 68.7 Å². The smallest absolute Gasteiger partial charge is 0.246 e. The van der Waals surface area contributed by atoms with E-state index >= 15 is 0 Å². The molecule has 0 aromatic heterocycles. The van der Waals surface area contributed by atoms with E-state index in [1.54, 1.807) is 0 Å². The van der Waals surface area contributed by atoms with Crippen molar-refractivity contribution in [3.63, 3.8) is 0 Å². The van der Waals surface area contributed by atoms with Crippen LogP contribution in [0.5, 0.6) is 0 Å². The Morgan fingerprint density at radius 2 is 1.87 bits per heavy atom. The maximum atomic E-state index is 14.7. The number of halogens is 1. The Morgan fingerprint density at radius 3 is 2.63 bits per heavy atom. The van der Waals surface area contributed by atoms with Crippen LogP contribution in [-0.2, 0) is 26.0 Å².